The van der Waals surface area contributed by atoms with Crippen molar-refractivity contribution in [3.63, 3.8) is 0 Å². The fourth-order valence-corrected chi connectivity index (χ4v) is 6.12. The lowest BCUT2D eigenvalue weighted by Gasteiger charge is -2.26. The van der Waals surface area contributed by atoms with Gasteiger partial charge in [-0.25, -0.2) is 0 Å². The minimum atomic E-state index is -2.31. The van der Waals surface area contributed by atoms with Crippen molar-refractivity contribution in [1.82, 2.24) is 0 Å². The predicted molar refractivity (Wildman–Crippen MR) is 83.6 cm³/mol. The summed E-state index contributed by atoms with van der Waals surface area (Å²) in [4.78, 5) is 0. The van der Waals surface area contributed by atoms with Crippen LogP contribution in [0.2, 0.25) is 0 Å². The third-order valence-corrected chi connectivity index (χ3v) is 8.14. The number of halogens is 2. The number of rotatable bonds is 5. The van der Waals surface area contributed by atoms with Crippen LogP contribution in [-0.2, 0) is 9.47 Å². The van der Waals surface area contributed by atoms with Crippen molar-refractivity contribution in [2.75, 3.05) is 13.2 Å². The molecule has 0 spiro atoms. The van der Waals surface area contributed by atoms with E-state index in [1.165, 1.54) is 0 Å². The van der Waals surface area contributed by atoms with Gasteiger partial charge in [0.2, 0.25) is 0 Å². The van der Waals surface area contributed by atoms with Gasteiger partial charge in [-0.15, -0.1) is 0 Å². The van der Waals surface area contributed by atoms with Gasteiger partial charge in [-0.2, -0.15) is 0 Å². The van der Waals surface area contributed by atoms with Gasteiger partial charge in [0, 0.05) is 0 Å². The maximum atomic E-state index is 6.77. The van der Waals surface area contributed by atoms with Crippen LogP contribution in [0, 0.1) is 5.92 Å². The smallest absolute Gasteiger partial charge is 0.251 e. The number of hydrogen-bond acceptors (Lipinski definition) is 2. The van der Waals surface area contributed by atoms with Gasteiger partial charge in [-0.1, -0.05) is 32.0 Å². The molecule has 0 saturated carbocycles. The van der Waals surface area contributed by atoms with Crippen molar-refractivity contribution in [1.29, 1.82) is 0 Å². The summed E-state index contributed by atoms with van der Waals surface area (Å²) < 4.78 is 11.3. The van der Waals surface area contributed by atoms with E-state index in [-0.39, 0.29) is 11.9 Å². The fourth-order valence-electron chi connectivity index (χ4n) is 2.30. The Kier molecular flexibility index (Phi) is 5.51. The van der Waals surface area contributed by atoms with Crippen molar-refractivity contribution in [2.24, 2.45) is 5.92 Å². The summed E-state index contributed by atoms with van der Waals surface area (Å²) in [5.41, 5.74) is 0.0285. The highest BCUT2D eigenvalue weighted by Gasteiger charge is 2.53. The maximum absolute atomic E-state index is 6.77. The normalized spacial score (nSPS) is 19.0. The van der Waals surface area contributed by atoms with Crippen molar-refractivity contribution in [3.8, 4) is 0 Å². The molecule has 1 heterocycles. The molecule has 1 aromatic carbocycles. The summed E-state index contributed by atoms with van der Waals surface area (Å²) >= 11 is 13.5. The van der Waals surface area contributed by atoms with Gasteiger partial charge < -0.3 is 9.47 Å². The highest BCUT2D eigenvalue weighted by molar-refractivity contribution is 8.22. The second-order valence-electron chi connectivity index (χ2n) is 5.20. The summed E-state index contributed by atoms with van der Waals surface area (Å²) in [6.45, 7) is 5.59. The standard InChI is InChI=1S/C14H20Cl2O2P/c1-11(2)10-13(14-17-8-9-18-14)19(15,16)12-6-4-3-5-7-12/h3-7,11,13-14H,8-10H2,1-2H3/q+1/t13-/m0/s1. The summed E-state index contributed by atoms with van der Waals surface area (Å²) in [7, 11) is 0. The first-order valence-electron chi connectivity index (χ1n) is 6.58. The Morgan fingerprint density at radius 3 is 2.26 bits per heavy atom. The molecule has 1 fully saturated rings. The molecule has 0 amide bonds. The van der Waals surface area contributed by atoms with Gasteiger partial charge in [0.25, 0.3) is 5.97 Å². The highest BCUT2D eigenvalue weighted by atomic mass is 35.9. The fraction of sp³-hybridized carbons (Fsp3) is 0.571. The van der Waals surface area contributed by atoms with E-state index in [2.05, 4.69) is 13.8 Å². The molecule has 1 atom stereocenters. The van der Waals surface area contributed by atoms with E-state index >= 15 is 0 Å². The van der Waals surface area contributed by atoms with Gasteiger partial charge in [-0.05, 0) is 24.5 Å². The lowest BCUT2D eigenvalue weighted by Crippen LogP contribution is -2.31. The van der Waals surface area contributed by atoms with Crippen molar-refractivity contribution in [3.05, 3.63) is 30.3 Å². The monoisotopic (exact) mass is 321 g/mol. The molecule has 0 N–H and O–H groups in total. The third kappa shape index (κ3) is 3.83. The van der Waals surface area contributed by atoms with Crippen LogP contribution in [0.3, 0.4) is 0 Å². The van der Waals surface area contributed by atoms with Crippen molar-refractivity contribution >= 4 is 33.8 Å². The molecule has 0 bridgehead atoms. The zero-order valence-electron chi connectivity index (χ0n) is 11.3. The molecule has 2 nitrogen and oxygen atoms in total. The number of hydrogen-bond donors (Lipinski definition) is 0. The summed E-state index contributed by atoms with van der Waals surface area (Å²) in [6, 6.07) is 9.90. The van der Waals surface area contributed by atoms with Crippen LogP contribution in [0.15, 0.2) is 30.3 Å². The Bertz CT molecular complexity index is 392. The van der Waals surface area contributed by atoms with E-state index < -0.39 is 5.97 Å². The second-order valence-corrected chi connectivity index (χ2v) is 11.2. The summed E-state index contributed by atoms with van der Waals surface area (Å²) in [5, 5.41) is 1.00. The average molecular weight is 322 g/mol. The zero-order chi connectivity index (χ0) is 13.9. The van der Waals surface area contributed by atoms with E-state index in [0.29, 0.717) is 19.1 Å². The molecule has 1 aromatic rings. The van der Waals surface area contributed by atoms with E-state index in [1.54, 1.807) is 0 Å². The highest BCUT2D eigenvalue weighted by Crippen LogP contribution is 2.73. The Morgan fingerprint density at radius 1 is 1.16 bits per heavy atom. The molecule has 0 aliphatic carbocycles. The van der Waals surface area contributed by atoms with Gasteiger partial charge in [0.05, 0.1) is 13.2 Å². The number of ether oxygens (including phenoxy) is 2. The summed E-state index contributed by atoms with van der Waals surface area (Å²) in [5.74, 6) is -1.82. The molecule has 0 radical (unpaired) electrons. The molecule has 19 heavy (non-hydrogen) atoms. The molecular weight excluding hydrogens is 302 g/mol. The van der Waals surface area contributed by atoms with Gasteiger partial charge in [0.1, 0.15) is 27.8 Å². The van der Waals surface area contributed by atoms with Crippen LogP contribution >= 0.6 is 28.4 Å². The van der Waals surface area contributed by atoms with Crippen LogP contribution in [0.25, 0.3) is 0 Å². The topological polar surface area (TPSA) is 18.5 Å². The Morgan fingerprint density at radius 2 is 1.74 bits per heavy atom. The van der Waals surface area contributed by atoms with Crippen LogP contribution in [0.1, 0.15) is 20.3 Å². The first kappa shape index (κ1) is 15.5. The zero-order valence-corrected chi connectivity index (χ0v) is 13.7. The Balaban J connectivity index is 2.25. The molecule has 1 aliphatic rings. The maximum Gasteiger partial charge on any atom is 0.251 e. The second kappa shape index (κ2) is 6.74. The van der Waals surface area contributed by atoms with Crippen molar-refractivity contribution in [2.45, 2.75) is 32.2 Å². The molecule has 1 saturated heterocycles. The minimum absolute atomic E-state index is 0.0285. The third-order valence-electron chi connectivity index (χ3n) is 3.19. The minimum Gasteiger partial charge on any atom is -0.346 e. The molecule has 0 unspecified atom stereocenters. The molecule has 0 aromatic heterocycles. The van der Waals surface area contributed by atoms with E-state index in [1.807, 2.05) is 30.3 Å². The first-order chi connectivity index (χ1) is 9.01. The largest absolute Gasteiger partial charge is 0.346 e. The molecule has 106 valence electrons. The lowest BCUT2D eigenvalue weighted by molar-refractivity contribution is -0.0455. The van der Waals surface area contributed by atoms with Crippen LogP contribution in [-0.4, -0.2) is 25.2 Å². The van der Waals surface area contributed by atoms with Gasteiger partial charge >= 0.3 is 0 Å². The molecule has 1 aliphatic heterocycles. The molecule has 2 rings (SSSR count). The molecule has 5 heteroatoms. The van der Waals surface area contributed by atoms with E-state index in [9.17, 15) is 0 Å². The summed E-state index contributed by atoms with van der Waals surface area (Å²) in [6.07, 6.45) is 0.631. The van der Waals surface area contributed by atoms with Gasteiger partial charge in [-0.3, -0.25) is 0 Å². The Hall–Kier alpha value is 0.150. The Labute approximate surface area is 125 Å². The SMILES string of the molecule is CC(C)C[C@@H](C1OCCO1)[P+](Cl)(Cl)c1ccccc1. The molecular formula is C14H20Cl2O2P+. The van der Waals surface area contributed by atoms with Crippen molar-refractivity contribution < 1.29 is 9.47 Å². The quantitative estimate of drug-likeness (QED) is 0.747. The van der Waals surface area contributed by atoms with Gasteiger partial charge in [0.15, 0.2) is 11.9 Å². The van der Waals surface area contributed by atoms with E-state index in [0.717, 1.165) is 11.7 Å². The lowest BCUT2D eigenvalue weighted by atomic mass is 10.1. The number of benzene rings is 1. The van der Waals surface area contributed by atoms with E-state index in [4.69, 9.17) is 32.0 Å². The average Bonchev–Trinajstić information content (AvgIpc) is 2.90. The van der Waals surface area contributed by atoms with Crippen LogP contribution < -0.4 is 5.30 Å². The first-order valence-corrected chi connectivity index (χ1v) is 10.3. The predicted octanol–water partition coefficient (Wildman–Crippen LogP) is 4.42. The van der Waals surface area contributed by atoms with Crippen LogP contribution in [0.4, 0.5) is 0 Å². The van der Waals surface area contributed by atoms with Crippen LogP contribution in [0.5, 0.6) is 0 Å².